The van der Waals surface area contributed by atoms with Gasteiger partial charge in [-0.3, -0.25) is 4.79 Å². The van der Waals surface area contributed by atoms with Crippen LogP contribution in [0.3, 0.4) is 0 Å². The van der Waals surface area contributed by atoms with Crippen molar-refractivity contribution in [2.75, 3.05) is 31.6 Å². The molecular formula is C19H23ClFN3O. The summed E-state index contributed by atoms with van der Waals surface area (Å²) in [5.74, 6) is -0.295. The van der Waals surface area contributed by atoms with Crippen molar-refractivity contribution in [3.8, 4) is 0 Å². The lowest BCUT2D eigenvalue weighted by atomic mass is 10.1. The Bertz CT molecular complexity index is 725. The predicted octanol–water partition coefficient (Wildman–Crippen LogP) is 2.82. The minimum Gasteiger partial charge on any atom is -0.361 e. The number of hydrogen-bond donors (Lipinski definition) is 1. The normalized spacial score (nSPS) is 13.4. The molecule has 0 unspecified atom stereocenters. The highest BCUT2D eigenvalue weighted by Crippen LogP contribution is 2.22. The van der Waals surface area contributed by atoms with Crippen LogP contribution < -0.4 is 10.2 Å². The van der Waals surface area contributed by atoms with E-state index in [9.17, 15) is 9.18 Å². The third-order valence-electron chi connectivity index (χ3n) is 4.32. The van der Waals surface area contributed by atoms with Gasteiger partial charge in [0.2, 0.25) is 5.91 Å². The molecule has 0 fully saturated rings. The lowest BCUT2D eigenvalue weighted by Gasteiger charge is -2.27. The van der Waals surface area contributed by atoms with E-state index in [1.54, 1.807) is 30.1 Å². The molecule has 0 bridgehead atoms. The van der Waals surface area contributed by atoms with E-state index in [1.165, 1.54) is 11.6 Å². The summed E-state index contributed by atoms with van der Waals surface area (Å²) in [6, 6.07) is 14.7. The van der Waals surface area contributed by atoms with Gasteiger partial charge in [-0.05, 0) is 17.7 Å². The maximum Gasteiger partial charge on any atom is 0.242 e. The van der Waals surface area contributed by atoms with Crippen molar-refractivity contribution in [2.24, 2.45) is 0 Å². The summed E-state index contributed by atoms with van der Waals surface area (Å²) in [5, 5.41) is 3.37. The molecule has 4 nitrogen and oxygen atoms in total. The Morgan fingerprint density at radius 3 is 2.72 bits per heavy atom. The van der Waals surface area contributed by atoms with Crippen molar-refractivity contribution < 1.29 is 9.18 Å². The topological polar surface area (TPSA) is 35.6 Å². The highest BCUT2D eigenvalue weighted by molar-refractivity contribution is 5.85. The van der Waals surface area contributed by atoms with Crippen molar-refractivity contribution in [1.29, 1.82) is 0 Å². The quantitative estimate of drug-likeness (QED) is 0.907. The number of amides is 1. The highest BCUT2D eigenvalue weighted by atomic mass is 35.5. The van der Waals surface area contributed by atoms with Gasteiger partial charge in [0.15, 0.2) is 0 Å². The van der Waals surface area contributed by atoms with Crippen LogP contribution in [0.5, 0.6) is 0 Å². The second-order valence-corrected chi connectivity index (χ2v) is 6.07. The van der Waals surface area contributed by atoms with Gasteiger partial charge in [-0.1, -0.05) is 36.4 Å². The van der Waals surface area contributed by atoms with Gasteiger partial charge in [-0.2, -0.15) is 0 Å². The van der Waals surface area contributed by atoms with Gasteiger partial charge in [0.05, 0.1) is 6.54 Å². The van der Waals surface area contributed by atoms with Gasteiger partial charge in [-0.15, -0.1) is 12.4 Å². The van der Waals surface area contributed by atoms with Gasteiger partial charge in [-0.25, -0.2) is 4.39 Å². The standard InChI is InChI=1S/C19H22FN3O.ClH/c1-22(13-16-7-2-4-8-17(16)20)19(24)14-23-11-10-21-12-15-6-3-5-9-18(15)23;/h2-9,21H,10-14H2,1H3;1H. The van der Waals surface area contributed by atoms with Crippen LogP contribution in [0.4, 0.5) is 10.1 Å². The van der Waals surface area contributed by atoms with Crippen LogP contribution >= 0.6 is 12.4 Å². The molecule has 3 rings (SSSR count). The Morgan fingerprint density at radius 1 is 1.20 bits per heavy atom. The van der Waals surface area contributed by atoms with Crippen LogP contribution in [0, 0.1) is 5.82 Å². The number of fused-ring (bicyclic) bond motifs is 1. The van der Waals surface area contributed by atoms with E-state index >= 15 is 0 Å². The van der Waals surface area contributed by atoms with E-state index in [-0.39, 0.29) is 30.7 Å². The third kappa shape index (κ3) is 4.71. The summed E-state index contributed by atoms with van der Waals surface area (Å²) < 4.78 is 13.8. The maximum absolute atomic E-state index is 13.8. The van der Waals surface area contributed by atoms with Crippen LogP contribution in [-0.2, 0) is 17.9 Å². The fourth-order valence-corrected chi connectivity index (χ4v) is 2.94. The Morgan fingerprint density at radius 2 is 1.92 bits per heavy atom. The second-order valence-electron chi connectivity index (χ2n) is 6.07. The van der Waals surface area contributed by atoms with Gasteiger partial charge in [0.1, 0.15) is 5.82 Å². The number of benzene rings is 2. The van der Waals surface area contributed by atoms with Gasteiger partial charge in [0, 0.05) is 44.5 Å². The number of carbonyl (C=O) groups excluding carboxylic acids is 1. The van der Waals surface area contributed by atoms with Crippen molar-refractivity contribution in [3.05, 3.63) is 65.5 Å². The van der Waals surface area contributed by atoms with E-state index in [0.717, 1.165) is 25.3 Å². The zero-order chi connectivity index (χ0) is 16.9. The molecule has 1 amide bonds. The molecule has 6 heteroatoms. The molecule has 0 radical (unpaired) electrons. The number of rotatable bonds is 4. The Kier molecular flexibility index (Phi) is 6.79. The molecule has 0 atom stereocenters. The summed E-state index contributed by atoms with van der Waals surface area (Å²) >= 11 is 0. The zero-order valence-electron chi connectivity index (χ0n) is 14.2. The number of nitrogens with zero attached hydrogens (tertiary/aromatic N) is 2. The van der Waals surface area contributed by atoms with Crippen LogP contribution in [0.1, 0.15) is 11.1 Å². The number of halogens is 2. The number of nitrogens with one attached hydrogen (secondary N) is 1. The Hall–Kier alpha value is -2.11. The van der Waals surface area contributed by atoms with E-state index in [1.807, 2.05) is 18.2 Å². The summed E-state index contributed by atoms with van der Waals surface area (Å²) in [6.45, 7) is 2.99. The average Bonchev–Trinajstić information content (AvgIpc) is 2.79. The van der Waals surface area contributed by atoms with Crippen LogP contribution in [-0.4, -0.2) is 37.5 Å². The monoisotopic (exact) mass is 363 g/mol. The average molecular weight is 364 g/mol. The lowest BCUT2D eigenvalue weighted by Crippen LogP contribution is -2.40. The molecule has 0 spiro atoms. The van der Waals surface area contributed by atoms with Crippen molar-refractivity contribution in [2.45, 2.75) is 13.1 Å². The summed E-state index contributed by atoms with van der Waals surface area (Å²) in [4.78, 5) is 16.3. The molecule has 0 aromatic heterocycles. The van der Waals surface area contributed by atoms with E-state index in [2.05, 4.69) is 16.3 Å². The van der Waals surface area contributed by atoms with Gasteiger partial charge < -0.3 is 15.1 Å². The minimum atomic E-state index is -0.276. The molecule has 1 aliphatic heterocycles. The fraction of sp³-hybridized carbons (Fsp3) is 0.316. The molecule has 0 aliphatic carbocycles. The first-order valence-electron chi connectivity index (χ1n) is 8.16. The molecule has 0 saturated carbocycles. The number of anilines is 1. The van der Waals surface area contributed by atoms with Crippen molar-refractivity contribution in [3.63, 3.8) is 0 Å². The maximum atomic E-state index is 13.8. The van der Waals surface area contributed by atoms with E-state index < -0.39 is 0 Å². The summed E-state index contributed by atoms with van der Waals surface area (Å²) in [6.07, 6.45) is 0. The van der Waals surface area contributed by atoms with Crippen LogP contribution in [0.25, 0.3) is 0 Å². The summed E-state index contributed by atoms with van der Waals surface area (Å²) in [5.41, 5.74) is 2.82. The van der Waals surface area contributed by atoms with Crippen molar-refractivity contribution >= 4 is 24.0 Å². The Labute approximate surface area is 154 Å². The first kappa shape index (κ1) is 19.2. The highest BCUT2D eigenvalue weighted by Gasteiger charge is 2.19. The molecule has 2 aromatic rings. The van der Waals surface area contributed by atoms with Gasteiger partial charge >= 0.3 is 0 Å². The number of hydrogen-bond acceptors (Lipinski definition) is 3. The number of carbonyl (C=O) groups is 1. The predicted molar refractivity (Wildman–Crippen MR) is 100 cm³/mol. The molecular weight excluding hydrogens is 341 g/mol. The zero-order valence-corrected chi connectivity index (χ0v) is 15.1. The Balaban J connectivity index is 0.00000225. The van der Waals surface area contributed by atoms with E-state index in [4.69, 9.17) is 0 Å². The largest absolute Gasteiger partial charge is 0.361 e. The second kappa shape index (κ2) is 8.83. The number of likely N-dealkylation sites (N-methyl/N-ethyl adjacent to an activating group) is 1. The smallest absolute Gasteiger partial charge is 0.242 e. The first-order valence-corrected chi connectivity index (χ1v) is 8.16. The molecule has 2 aromatic carbocycles. The molecule has 1 heterocycles. The van der Waals surface area contributed by atoms with Crippen molar-refractivity contribution in [1.82, 2.24) is 10.2 Å². The fourth-order valence-electron chi connectivity index (χ4n) is 2.94. The number of para-hydroxylation sites is 1. The van der Waals surface area contributed by atoms with Gasteiger partial charge in [0.25, 0.3) is 0 Å². The SMILES string of the molecule is CN(Cc1ccccc1F)C(=O)CN1CCNCc2ccccc21.Cl. The molecule has 0 saturated heterocycles. The molecule has 25 heavy (non-hydrogen) atoms. The third-order valence-corrected chi connectivity index (χ3v) is 4.32. The van der Waals surface area contributed by atoms with Crippen LogP contribution in [0.2, 0.25) is 0 Å². The molecule has 1 aliphatic rings. The van der Waals surface area contributed by atoms with E-state index in [0.29, 0.717) is 12.1 Å². The molecule has 134 valence electrons. The van der Waals surface area contributed by atoms with Crippen LogP contribution in [0.15, 0.2) is 48.5 Å². The lowest BCUT2D eigenvalue weighted by molar-refractivity contribution is -0.129. The summed E-state index contributed by atoms with van der Waals surface area (Å²) in [7, 11) is 1.72. The first-order chi connectivity index (χ1) is 11.6. The minimum absolute atomic E-state index is 0. The molecule has 1 N–H and O–H groups in total.